The summed E-state index contributed by atoms with van der Waals surface area (Å²) in [5.74, 6) is 0. The first-order valence-electron chi connectivity index (χ1n) is 21.7. The fraction of sp³-hybridized carbons (Fsp3) is 0.0345. The van der Waals surface area contributed by atoms with Crippen molar-refractivity contribution in [3.63, 3.8) is 0 Å². The van der Waals surface area contributed by atoms with Crippen LogP contribution in [0.2, 0.25) is 0 Å². The van der Waals surface area contributed by atoms with Gasteiger partial charge >= 0.3 is 0 Å². The van der Waals surface area contributed by atoms with E-state index in [1.807, 2.05) is 6.07 Å². The largest absolute Gasteiger partial charge is 0.309 e. The van der Waals surface area contributed by atoms with Crippen LogP contribution < -0.4 is 0 Å². The maximum atomic E-state index is 11.3. The van der Waals surface area contributed by atoms with Gasteiger partial charge in [-0.1, -0.05) is 128 Å². The molecule has 0 fully saturated rings. The number of aromatic nitrogens is 4. The van der Waals surface area contributed by atoms with E-state index in [0.29, 0.717) is 17.5 Å². The van der Waals surface area contributed by atoms with Crippen molar-refractivity contribution in [3.05, 3.63) is 205 Å². The fourth-order valence-corrected chi connectivity index (χ4v) is 10.9. The van der Waals surface area contributed by atoms with Crippen molar-refractivity contribution in [2.75, 3.05) is 0 Å². The highest BCUT2D eigenvalue weighted by Crippen LogP contribution is 2.47. The second-order valence-corrected chi connectivity index (χ2v) is 16.5. The molecule has 0 saturated heterocycles. The van der Waals surface area contributed by atoms with E-state index >= 15 is 0 Å². The number of fused-ring (bicyclic) bond motifs is 14. The molecular formula is C58H36N6. The first-order chi connectivity index (χ1) is 31.7. The normalized spacial score (nSPS) is 11.9. The molecule has 0 amide bonds. The molecule has 0 spiro atoms. The summed E-state index contributed by atoms with van der Waals surface area (Å²) in [7, 11) is 0. The highest BCUT2D eigenvalue weighted by molar-refractivity contribution is 6.28. The summed E-state index contributed by atoms with van der Waals surface area (Å²) in [4.78, 5) is 0. The van der Waals surface area contributed by atoms with Gasteiger partial charge in [0.1, 0.15) is 12.1 Å². The molecule has 0 radical (unpaired) electrons. The number of hydrogen-bond donors (Lipinski definition) is 0. The molecule has 0 bridgehead atoms. The predicted molar refractivity (Wildman–Crippen MR) is 263 cm³/mol. The molecule has 0 aliphatic carbocycles. The van der Waals surface area contributed by atoms with E-state index < -0.39 is 0 Å². The van der Waals surface area contributed by atoms with Gasteiger partial charge in [0, 0.05) is 60.0 Å². The summed E-state index contributed by atoms with van der Waals surface area (Å²) >= 11 is 0. The third-order valence-electron chi connectivity index (χ3n) is 13.4. The van der Waals surface area contributed by atoms with Crippen molar-refractivity contribution >= 4 is 87.2 Å². The summed E-state index contributed by atoms with van der Waals surface area (Å²) in [6, 6.07) is 71.3. The van der Waals surface area contributed by atoms with Gasteiger partial charge in [-0.3, -0.25) is 0 Å². The Labute approximate surface area is 367 Å². The zero-order valence-electron chi connectivity index (χ0n) is 34.8. The Kier molecular flexibility index (Phi) is 7.61. The van der Waals surface area contributed by atoms with Crippen LogP contribution in [0.4, 0.5) is 0 Å². The van der Waals surface area contributed by atoms with Crippen LogP contribution >= 0.6 is 0 Å². The third-order valence-corrected chi connectivity index (χ3v) is 13.4. The maximum Gasteiger partial charge on any atom is 0.101 e. The molecule has 6 nitrogen and oxygen atoms in total. The van der Waals surface area contributed by atoms with Gasteiger partial charge in [-0.2, -0.15) is 10.5 Å². The Hall–Kier alpha value is -8.84. The lowest BCUT2D eigenvalue weighted by Gasteiger charge is -2.22. The minimum absolute atomic E-state index is 0.454. The van der Waals surface area contributed by atoms with Gasteiger partial charge in [0.05, 0.1) is 66.6 Å². The van der Waals surface area contributed by atoms with E-state index in [9.17, 15) is 10.5 Å². The molecule has 298 valence electrons. The average molecular weight is 817 g/mol. The van der Waals surface area contributed by atoms with Gasteiger partial charge in [0.25, 0.3) is 0 Å². The molecule has 0 unspecified atom stereocenters. The van der Waals surface area contributed by atoms with Gasteiger partial charge in [-0.05, 0) is 73.2 Å². The summed E-state index contributed by atoms with van der Waals surface area (Å²) in [5, 5.41) is 31.4. The minimum Gasteiger partial charge on any atom is -0.309 e. The van der Waals surface area contributed by atoms with Gasteiger partial charge in [-0.25, -0.2) is 0 Å². The number of hydrogen-bond acceptors (Lipinski definition) is 2. The summed E-state index contributed by atoms with van der Waals surface area (Å²) in [5.41, 5.74) is 14.0. The van der Waals surface area contributed by atoms with E-state index in [-0.39, 0.29) is 0 Å². The molecule has 0 aliphatic heterocycles. The number of nitriles is 2. The summed E-state index contributed by atoms with van der Waals surface area (Å²) in [6.45, 7) is 2.15. The van der Waals surface area contributed by atoms with Crippen molar-refractivity contribution in [2.24, 2.45) is 0 Å². The lowest BCUT2D eigenvalue weighted by atomic mass is 9.97. The predicted octanol–water partition coefficient (Wildman–Crippen LogP) is 14.4. The van der Waals surface area contributed by atoms with Crippen LogP contribution in [0.5, 0.6) is 0 Å². The van der Waals surface area contributed by atoms with Crippen LogP contribution in [-0.4, -0.2) is 18.3 Å². The van der Waals surface area contributed by atoms with Crippen molar-refractivity contribution in [2.45, 2.75) is 13.3 Å². The zero-order valence-corrected chi connectivity index (χ0v) is 34.8. The lowest BCUT2D eigenvalue weighted by molar-refractivity contribution is 1.01. The second-order valence-electron chi connectivity index (χ2n) is 16.5. The Balaban J connectivity index is 1.24. The van der Waals surface area contributed by atoms with Crippen LogP contribution in [-0.2, 0) is 6.42 Å². The summed E-state index contributed by atoms with van der Waals surface area (Å²) in [6.07, 6.45) is 0.556. The van der Waals surface area contributed by atoms with Crippen molar-refractivity contribution < 1.29 is 0 Å². The van der Waals surface area contributed by atoms with Gasteiger partial charge in [-0.15, -0.1) is 0 Å². The van der Waals surface area contributed by atoms with Crippen LogP contribution in [0.25, 0.3) is 110 Å². The Bertz CT molecular complexity index is 3920. The van der Waals surface area contributed by atoms with Gasteiger partial charge in [0.2, 0.25) is 0 Å². The first-order valence-corrected chi connectivity index (χ1v) is 21.7. The smallest absolute Gasteiger partial charge is 0.101 e. The molecule has 0 atom stereocenters. The average Bonchev–Trinajstić information content (AvgIpc) is 4.08. The highest BCUT2D eigenvalue weighted by Gasteiger charge is 2.29. The van der Waals surface area contributed by atoms with E-state index in [0.717, 1.165) is 116 Å². The summed E-state index contributed by atoms with van der Waals surface area (Å²) < 4.78 is 9.36. The fourth-order valence-electron chi connectivity index (χ4n) is 10.9. The molecule has 0 saturated carbocycles. The second kappa shape index (κ2) is 13.6. The van der Waals surface area contributed by atoms with E-state index in [1.54, 1.807) is 0 Å². The van der Waals surface area contributed by atoms with Gasteiger partial charge in [0.15, 0.2) is 0 Å². The lowest BCUT2D eigenvalue weighted by Crippen LogP contribution is -2.10. The SMILES string of the molecule is CCc1c(-n2c3ccccc3c3ccc4c(c5ccccc5n4-c4ccccc4)c32)c(C#N)cc(C#N)c1-n1c2ccccc2c2ccc3c(c4ccccc4n3-c3ccccc3)c21. The Morgan fingerprint density at radius 1 is 0.359 bits per heavy atom. The van der Waals surface area contributed by atoms with Crippen molar-refractivity contribution in [1.29, 1.82) is 10.5 Å². The Morgan fingerprint density at radius 2 is 0.719 bits per heavy atom. The number of rotatable bonds is 5. The molecule has 6 heteroatoms. The van der Waals surface area contributed by atoms with E-state index in [1.165, 1.54) is 0 Å². The first kappa shape index (κ1) is 35.9. The molecule has 13 rings (SSSR count). The third kappa shape index (κ3) is 4.71. The van der Waals surface area contributed by atoms with Crippen LogP contribution in [0.3, 0.4) is 0 Å². The molecule has 64 heavy (non-hydrogen) atoms. The van der Waals surface area contributed by atoms with Crippen LogP contribution in [0, 0.1) is 22.7 Å². The van der Waals surface area contributed by atoms with Crippen LogP contribution in [0.1, 0.15) is 23.6 Å². The van der Waals surface area contributed by atoms with E-state index in [2.05, 4.69) is 219 Å². The Morgan fingerprint density at radius 3 is 1.11 bits per heavy atom. The topological polar surface area (TPSA) is 67.3 Å². The number of para-hydroxylation sites is 6. The highest BCUT2D eigenvalue weighted by atomic mass is 15.1. The molecule has 9 aromatic carbocycles. The molecule has 13 aromatic rings. The molecule has 4 aromatic heterocycles. The van der Waals surface area contributed by atoms with E-state index in [4.69, 9.17) is 0 Å². The molecule has 0 aliphatic rings. The zero-order chi connectivity index (χ0) is 42.6. The van der Waals surface area contributed by atoms with Crippen molar-refractivity contribution in [3.8, 4) is 34.9 Å². The van der Waals surface area contributed by atoms with Gasteiger partial charge < -0.3 is 18.3 Å². The monoisotopic (exact) mass is 816 g/mol. The molecule has 0 N–H and O–H groups in total. The molecular weight excluding hydrogens is 781 g/mol. The quantitative estimate of drug-likeness (QED) is 0.174. The number of nitrogens with zero attached hydrogens (tertiary/aromatic N) is 6. The molecule has 4 heterocycles. The number of benzene rings is 9. The van der Waals surface area contributed by atoms with Crippen molar-refractivity contribution in [1.82, 2.24) is 18.3 Å². The maximum absolute atomic E-state index is 11.3. The van der Waals surface area contributed by atoms with Crippen LogP contribution in [0.15, 0.2) is 188 Å². The minimum atomic E-state index is 0.454. The standard InChI is InChI=1S/C58H36N6/c1-2-40-55(63-47-25-13-9-21-41(47)43-29-31-51-53(57(43)63)45-23-11-15-27-49(45)61(51)38-17-5-3-6-18-38)36(34-59)33-37(35-60)56(40)64-48-26-14-10-22-42(48)44-30-32-52-54(58(44)64)46-24-12-16-28-50(46)62(52)39-19-7-4-8-20-39/h3-33H,2H2,1H3.